The Kier molecular flexibility index (Phi) is 4.31. The van der Waals surface area contributed by atoms with Crippen molar-refractivity contribution in [3.8, 4) is 0 Å². The molecule has 1 aromatic rings. The maximum absolute atomic E-state index is 14.4. The highest BCUT2D eigenvalue weighted by Gasteiger charge is 2.74. The summed E-state index contributed by atoms with van der Waals surface area (Å²) in [6.07, 6.45) is 4.59. The van der Waals surface area contributed by atoms with E-state index < -0.39 is 17.6 Å². The van der Waals surface area contributed by atoms with Crippen molar-refractivity contribution in [2.75, 3.05) is 19.8 Å². The van der Waals surface area contributed by atoms with Gasteiger partial charge in [-0.05, 0) is 73.8 Å². The van der Waals surface area contributed by atoms with E-state index in [9.17, 15) is 13.6 Å². The van der Waals surface area contributed by atoms with Crippen LogP contribution in [-0.2, 0) is 10.2 Å². The average molecular weight is 389 g/mol. The lowest BCUT2D eigenvalue weighted by Crippen LogP contribution is -2.56. The predicted molar refractivity (Wildman–Crippen MR) is 104 cm³/mol. The maximum Gasteiger partial charge on any atom is 0.227 e. The van der Waals surface area contributed by atoms with E-state index in [0.29, 0.717) is 25.3 Å². The molecule has 6 atom stereocenters. The molecule has 3 nitrogen and oxygen atoms in total. The van der Waals surface area contributed by atoms with E-state index in [4.69, 9.17) is 0 Å². The van der Waals surface area contributed by atoms with Gasteiger partial charge in [0.1, 0.15) is 6.17 Å². The minimum Gasteiger partial charge on any atom is -0.350 e. The van der Waals surface area contributed by atoms with Crippen LogP contribution in [0.5, 0.6) is 0 Å². The van der Waals surface area contributed by atoms with Crippen molar-refractivity contribution in [3.05, 3.63) is 35.9 Å². The van der Waals surface area contributed by atoms with Gasteiger partial charge in [-0.3, -0.25) is 9.18 Å². The molecular weight excluding hydrogens is 358 g/mol. The number of alkyl halides is 2. The Morgan fingerprint density at radius 1 is 1.18 bits per heavy atom. The first kappa shape index (κ1) is 18.5. The van der Waals surface area contributed by atoms with E-state index in [1.54, 1.807) is 0 Å². The summed E-state index contributed by atoms with van der Waals surface area (Å²) >= 11 is 0. The molecule has 152 valence electrons. The highest BCUT2D eigenvalue weighted by molar-refractivity contribution is 5.86. The van der Waals surface area contributed by atoms with Gasteiger partial charge in [0.05, 0.1) is 18.1 Å². The maximum atomic E-state index is 14.4. The molecule has 4 saturated carbocycles. The smallest absolute Gasteiger partial charge is 0.227 e. The highest BCUT2D eigenvalue weighted by atomic mass is 19.1. The summed E-state index contributed by atoms with van der Waals surface area (Å²) < 4.78 is 28.1. The number of piperidine rings is 1. The number of halogens is 2. The van der Waals surface area contributed by atoms with Gasteiger partial charge in [-0.25, -0.2) is 4.39 Å². The zero-order valence-corrected chi connectivity index (χ0v) is 16.4. The molecule has 1 heterocycles. The second kappa shape index (κ2) is 6.51. The molecule has 0 spiro atoms. The Balaban J connectivity index is 1.49. The largest absolute Gasteiger partial charge is 0.350 e. The molecule has 2 N–H and O–H groups in total. The summed E-state index contributed by atoms with van der Waals surface area (Å²) in [5, 5.41) is 6.13. The van der Waals surface area contributed by atoms with Gasteiger partial charge in [-0.2, -0.15) is 0 Å². The van der Waals surface area contributed by atoms with Crippen LogP contribution < -0.4 is 10.6 Å². The van der Waals surface area contributed by atoms with Gasteiger partial charge in [0.2, 0.25) is 5.91 Å². The van der Waals surface area contributed by atoms with Gasteiger partial charge in [0.15, 0.2) is 0 Å². The van der Waals surface area contributed by atoms with Gasteiger partial charge >= 0.3 is 0 Å². The zero-order valence-electron chi connectivity index (χ0n) is 16.4. The van der Waals surface area contributed by atoms with Crippen molar-refractivity contribution in [2.24, 2.45) is 16.7 Å². The second-order valence-corrected chi connectivity index (χ2v) is 9.87. The van der Waals surface area contributed by atoms with E-state index in [2.05, 4.69) is 34.9 Å². The van der Waals surface area contributed by atoms with E-state index in [1.165, 1.54) is 5.56 Å². The summed E-state index contributed by atoms with van der Waals surface area (Å²) in [4.78, 5) is 13.7. The molecule has 6 rings (SSSR count). The highest BCUT2D eigenvalue weighted by Crippen LogP contribution is 2.77. The second-order valence-electron chi connectivity index (χ2n) is 9.87. The lowest BCUT2D eigenvalue weighted by molar-refractivity contribution is -0.138. The average Bonchev–Trinajstić information content (AvgIpc) is 3.03. The SMILES string of the molecule is O=C(N[C@@H]1CCNC[C@H]1F)C12CC3C[C@](c4ccccc4)(C1)C[C@@]2(CCF)C3. The molecule has 5 fully saturated rings. The Labute approximate surface area is 165 Å². The third-order valence-corrected chi connectivity index (χ3v) is 8.45. The van der Waals surface area contributed by atoms with Crippen LogP contribution in [0.1, 0.15) is 50.5 Å². The van der Waals surface area contributed by atoms with Gasteiger partial charge in [-0.1, -0.05) is 30.3 Å². The molecule has 5 heteroatoms. The molecule has 0 radical (unpaired) electrons. The number of rotatable bonds is 5. The fourth-order valence-corrected chi connectivity index (χ4v) is 7.59. The lowest BCUT2D eigenvalue weighted by atomic mass is 9.63. The summed E-state index contributed by atoms with van der Waals surface area (Å²) in [5.41, 5.74) is 0.451. The van der Waals surface area contributed by atoms with Crippen molar-refractivity contribution in [2.45, 2.75) is 62.6 Å². The first-order chi connectivity index (χ1) is 13.5. The van der Waals surface area contributed by atoms with E-state index in [-0.39, 0.29) is 23.4 Å². The van der Waals surface area contributed by atoms with Crippen molar-refractivity contribution >= 4 is 5.91 Å². The van der Waals surface area contributed by atoms with Gasteiger partial charge in [0.25, 0.3) is 0 Å². The number of carbonyl (C=O) groups excluding carboxylic acids is 1. The fourth-order valence-electron chi connectivity index (χ4n) is 7.59. The van der Waals surface area contributed by atoms with Crippen molar-refractivity contribution in [1.29, 1.82) is 0 Å². The number of benzene rings is 1. The number of hydrogen-bond acceptors (Lipinski definition) is 2. The number of hydrogen-bond donors (Lipinski definition) is 2. The summed E-state index contributed by atoms with van der Waals surface area (Å²) in [5.74, 6) is 0.463. The van der Waals surface area contributed by atoms with Crippen LogP contribution in [0.15, 0.2) is 30.3 Å². The monoisotopic (exact) mass is 388 g/mol. The minimum atomic E-state index is -1.05. The Morgan fingerprint density at radius 3 is 2.75 bits per heavy atom. The number of amides is 1. The molecule has 1 aliphatic heterocycles. The molecule has 28 heavy (non-hydrogen) atoms. The Morgan fingerprint density at radius 2 is 2.00 bits per heavy atom. The first-order valence-electron chi connectivity index (χ1n) is 10.8. The molecule has 4 bridgehead atoms. The van der Waals surface area contributed by atoms with E-state index >= 15 is 0 Å². The van der Waals surface area contributed by atoms with Crippen LogP contribution in [-0.4, -0.2) is 37.9 Å². The normalized spacial score (nSPS) is 44.0. The molecule has 2 unspecified atom stereocenters. The molecule has 5 aliphatic rings. The fraction of sp³-hybridized carbons (Fsp3) is 0.696. The van der Waals surface area contributed by atoms with Crippen LogP contribution in [0.25, 0.3) is 0 Å². The topological polar surface area (TPSA) is 41.1 Å². The Hall–Kier alpha value is -1.49. The van der Waals surface area contributed by atoms with Crippen LogP contribution in [0.3, 0.4) is 0 Å². The quantitative estimate of drug-likeness (QED) is 0.808. The van der Waals surface area contributed by atoms with Crippen molar-refractivity contribution in [1.82, 2.24) is 10.6 Å². The predicted octanol–water partition coefficient (Wildman–Crippen LogP) is 3.68. The van der Waals surface area contributed by atoms with Gasteiger partial charge in [0, 0.05) is 6.54 Å². The molecule has 1 amide bonds. The first-order valence-corrected chi connectivity index (χ1v) is 10.8. The van der Waals surface area contributed by atoms with Crippen LogP contribution in [0.2, 0.25) is 0 Å². The minimum absolute atomic E-state index is 0.00416. The standard InChI is InChI=1S/C23H30F2N2O/c24-8-7-22-11-16-10-21(14-22,17-4-2-1-3-5-17)15-23(22,12-16)20(28)27-19-6-9-26-13-18(19)25/h1-5,16,18-19,26H,6-15H2,(H,27,28)/t16?,18-,19-,21-,22-,23?/m1/s1. The van der Waals surface area contributed by atoms with E-state index in [0.717, 1.165) is 38.6 Å². The lowest BCUT2D eigenvalue weighted by Gasteiger charge is -2.41. The molecule has 1 aromatic carbocycles. The summed E-state index contributed by atoms with van der Waals surface area (Å²) in [6.45, 7) is 0.639. The summed E-state index contributed by atoms with van der Waals surface area (Å²) in [6, 6.07) is 10.1. The van der Waals surface area contributed by atoms with Gasteiger partial charge < -0.3 is 10.6 Å². The molecule has 4 aliphatic carbocycles. The van der Waals surface area contributed by atoms with Crippen molar-refractivity contribution < 1.29 is 13.6 Å². The number of carbonyl (C=O) groups is 1. The van der Waals surface area contributed by atoms with E-state index in [1.807, 2.05) is 6.07 Å². The van der Waals surface area contributed by atoms with Crippen LogP contribution in [0, 0.1) is 16.7 Å². The van der Waals surface area contributed by atoms with Gasteiger partial charge in [-0.15, -0.1) is 0 Å². The Bertz CT molecular complexity index is 758. The zero-order chi connectivity index (χ0) is 19.4. The molecule has 1 saturated heterocycles. The van der Waals surface area contributed by atoms with Crippen LogP contribution >= 0.6 is 0 Å². The molecule has 0 aromatic heterocycles. The summed E-state index contributed by atoms with van der Waals surface area (Å²) in [7, 11) is 0. The molecular formula is C23H30F2N2O. The number of nitrogens with one attached hydrogen (secondary N) is 2. The third-order valence-electron chi connectivity index (χ3n) is 8.45. The third kappa shape index (κ3) is 2.51. The van der Waals surface area contributed by atoms with Crippen LogP contribution in [0.4, 0.5) is 8.78 Å². The van der Waals surface area contributed by atoms with Crippen molar-refractivity contribution in [3.63, 3.8) is 0 Å².